The van der Waals surface area contributed by atoms with Crippen molar-refractivity contribution in [3.8, 4) is 11.1 Å². The number of hydrogen-bond acceptors (Lipinski definition) is 2. The average Bonchev–Trinajstić information content (AvgIpc) is 2.84. The maximum absolute atomic E-state index is 14.6. The Balaban J connectivity index is 2.20. The van der Waals surface area contributed by atoms with Crippen molar-refractivity contribution in [2.75, 3.05) is 6.54 Å². The molecular formula is C19H22FN3. The summed E-state index contributed by atoms with van der Waals surface area (Å²) in [7, 11) is 0. The minimum Gasteiger partial charge on any atom is -0.347 e. The van der Waals surface area contributed by atoms with Gasteiger partial charge in [-0.25, -0.2) is 4.39 Å². The lowest BCUT2D eigenvalue weighted by molar-refractivity contribution is 0.534. The van der Waals surface area contributed by atoms with Crippen molar-refractivity contribution < 1.29 is 4.39 Å². The van der Waals surface area contributed by atoms with Crippen LogP contribution in [0.4, 0.5) is 4.39 Å². The van der Waals surface area contributed by atoms with Gasteiger partial charge in [0.05, 0.1) is 0 Å². The standard InChI is InChI=1S/C19H22FN3/c1-13(2)11-23-12-15(3-6-21)17-9-18(20)16(10-19(17)23)14-4-7-22-8-5-14/h4-5,7-10,12-13H,3,6,11,21H2,1-2H3. The van der Waals surface area contributed by atoms with Gasteiger partial charge in [-0.05, 0) is 54.3 Å². The number of aromatic nitrogens is 2. The maximum Gasteiger partial charge on any atom is 0.131 e. The molecule has 4 heteroatoms. The van der Waals surface area contributed by atoms with Crippen LogP contribution in [0.15, 0.2) is 42.9 Å². The van der Waals surface area contributed by atoms with Gasteiger partial charge in [0, 0.05) is 41.6 Å². The van der Waals surface area contributed by atoms with Gasteiger partial charge in [-0.15, -0.1) is 0 Å². The van der Waals surface area contributed by atoms with Crippen molar-refractivity contribution in [3.05, 3.63) is 54.2 Å². The molecular weight excluding hydrogens is 289 g/mol. The van der Waals surface area contributed by atoms with Crippen molar-refractivity contribution in [3.63, 3.8) is 0 Å². The van der Waals surface area contributed by atoms with Gasteiger partial charge in [0.2, 0.25) is 0 Å². The number of pyridine rings is 1. The normalized spacial score (nSPS) is 11.5. The third-order valence-corrected chi connectivity index (χ3v) is 4.02. The van der Waals surface area contributed by atoms with E-state index >= 15 is 0 Å². The molecule has 0 saturated heterocycles. The molecule has 2 aromatic heterocycles. The molecule has 0 atom stereocenters. The number of rotatable bonds is 5. The zero-order chi connectivity index (χ0) is 16.4. The van der Waals surface area contributed by atoms with Gasteiger partial charge in [-0.2, -0.15) is 0 Å². The summed E-state index contributed by atoms with van der Waals surface area (Å²) in [5.74, 6) is 0.315. The summed E-state index contributed by atoms with van der Waals surface area (Å²) >= 11 is 0. The fraction of sp³-hybridized carbons (Fsp3) is 0.316. The second kappa shape index (κ2) is 6.50. The van der Waals surface area contributed by atoms with Crippen molar-refractivity contribution in [1.29, 1.82) is 0 Å². The quantitative estimate of drug-likeness (QED) is 0.774. The predicted octanol–water partition coefficient (Wildman–Crippen LogP) is 4.00. The van der Waals surface area contributed by atoms with Crippen molar-refractivity contribution in [1.82, 2.24) is 9.55 Å². The smallest absolute Gasteiger partial charge is 0.131 e. The molecule has 0 radical (unpaired) electrons. The van der Waals surface area contributed by atoms with Crippen LogP contribution in [-0.2, 0) is 13.0 Å². The van der Waals surface area contributed by atoms with E-state index < -0.39 is 0 Å². The lowest BCUT2D eigenvalue weighted by Gasteiger charge is -2.10. The molecule has 0 fully saturated rings. The molecule has 2 N–H and O–H groups in total. The summed E-state index contributed by atoms with van der Waals surface area (Å²) in [5.41, 5.74) is 9.35. The van der Waals surface area contributed by atoms with Crippen LogP contribution in [0.25, 0.3) is 22.0 Å². The predicted molar refractivity (Wildman–Crippen MR) is 92.7 cm³/mol. The van der Waals surface area contributed by atoms with Crippen LogP contribution in [0, 0.1) is 11.7 Å². The molecule has 0 saturated carbocycles. The first kappa shape index (κ1) is 15.7. The second-order valence-electron chi connectivity index (χ2n) is 6.32. The molecule has 0 aliphatic carbocycles. The Bertz CT molecular complexity index is 806. The van der Waals surface area contributed by atoms with E-state index in [1.165, 1.54) is 0 Å². The minimum atomic E-state index is -0.204. The zero-order valence-corrected chi connectivity index (χ0v) is 13.6. The van der Waals surface area contributed by atoms with E-state index in [1.54, 1.807) is 18.5 Å². The largest absolute Gasteiger partial charge is 0.347 e. The highest BCUT2D eigenvalue weighted by Gasteiger charge is 2.14. The minimum absolute atomic E-state index is 0.204. The molecule has 3 rings (SSSR count). The molecule has 23 heavy (non-hydrogen) atoms. The van der Waals surface area contributed by atoms with E-state index in [4.69, 9.17) is 5.73 Å². The van der Waals surface area contributed by atoms with Crippen LogP contribution in [0.5, 0.6) is 0 Å². The molecule has 0 spiro atoms. The first-order chi connectivity index (χ1) is 11.1. The summed E-state index contributed by atoms with van der Waals surface area (Å²) in [5, 5.41) is 0.964. The molecule has 3 nitrogen and oxygen atoms in total. The fourth-order valence-electron chi connectivity index (χ4n) is 3.04. The lowest BCUT2D eigenvalue weighted by Crippen LogP contribution is -2.04. The summed E-state index contributed by atoms with van der Waals surface area (Å²) in [6.07, 6.45) is 6.25. The van der Waals surface area contributed by atoms with Crippen molar-refractivity contribution >= 4 is 10.9 Å². The summed E-state index contributed by atoms with van der Waals surface area (Å²) in [6, 6.07) is 7.26. The van der Waals surface area contributed by atoms with E-state index in [2.05, 4.69) is 29.6 Å². The average molecular weight is 311 g/mol. The number of nitrogens with two attached hydrogens (primary N) is 1. The number of halogens is 1. The third kappa shape index (κ3) is 3.13. The monoisotopic (exact) mass is 311 g/mol. The van der Waals surface area contributed by atoms with Crippen molar-refractivity contribution in [2.45, 2.75) is 26.8 Å². The Morgan fingerprint density at radius 2 is 1.96 bits per heavy atom. The number of nitrogens with zero attached hydrogens (tertiary/aromatic N) is 2. The molecule has 0 bridgehead atoms. The number of fused-ring (bicyclic) bond motifs is 1. The Morgan fingerprint density at radius 1 is 1.22 bits per heavy atom. The van der Waals surface area contributed by atoms with E-state index in [-0.39, 0.29) is 5.82 Å². The van der Waals surface area contributed by atoms with Gasteiger partial charge in [-0.3, -0.25) is 4.98 Å². The molecule has 2 heterocycles. The van der Waals surface area contributed by atoms with Crippen LogP contribution in [-0.4, -0.2) is 16.1 Å². The molecule has 0 aliphatic heterocycles. The van der Waals surface area contributed by atoms with Gasteiger partial charge in [0.1, 0.15) is 5.82 Å². The first-order valence-electron chi connectivity index (χ1n) is 8.02. The van der Waals surface area contributed by atoms with Crippen LogP contribution in [0.1, 0.15) is 19.4 Å². The zero-order valence-electron chi connectivity index (χ0n) is 13.6. The maximum atomic E-state index is 14.6. The van der Waals surface area contributed by atoms with Crippen molar-refractivity contribution in [2.24, 2.45) is 11.7 Å². The second-order valence-corrected chi connectivity index (χ2v) is 6.32. The summed E-state index contributed by atoms with van der Waals surface area (Å²) < 4.78 is 16.9. The molecule has 1 aromatic carbocycles. The Hall–Kier alpha value is -2.20. The molecule has 0 unspecified atom stereocenters. The van der Waals surface area contributed by atoms with Crippen LogP contribution in [0.3, 0.4) is 0 Å². The van der Waals surface area contributed by atoms with Gasteiger partial charge >= 0.3 is 0 Å². The van der Waals surface area contributed by atoms with Crippen LogP contribution in [0.2, 0.25) is 0 Å². The van der Waals surface area contributed by atoms with E-state index in [9.17, 15) is 4.39 Å². The molecule has 3 aromatic rings. The lowest BCUT2D eigenvalue weighted by atomic mass is 10.0. The third-order valence-electron chi connectivity index (χ3n) is 4.02. The van der Waals surface area contributed by atoms with Gasteiger partial charge in [0.15, 0.2) is 0 Å². The highest BCUT2D eigenvalue weighted by molar-refractivity contribution is 5.88. The molecule has 0 amide bonds. The Morgan fingerprint density at radius 3 is 2.61 bits per heavy atom. The van der Waals surface area contributed by atoms with E-state index in [0.29, 0.717) is 18.0 Å². The number of hydrogen-bond donors (Lipinski definition) is 1. The fourth-order valence-corrected chi connectivity index (χ4v) is 3.04. The van der Waals surface area contributed by atoms with E-state index in [1.807, 2.05) is 18.2 Å². The molecule has 120 valence electrons. The topological polar surface area (TPSA) is 43.8 Å². The van der Waals surface area contributed by atoms with E-state index in [0.717, 1.165) is 35.0 Å². The van der Waals surface area contributed by atoms with Crippen LogP contribution >= 0.6 is 0 Å². The summed E-state index contributed by atoms with van der Waals surface area (Å²) in [6.45, 7) is 5.83. The SMILES string of the molecule is CC(C)Cn1cc(CCN)c2cc(F)c(-c3ccncc3)cc21. The number of benzene rings is 1. The van der Waals surface area contributed by atoms with Gasteiger partial charge in [-0.1, -0.05) is 13.8 Å². The Kier molecular flexibility index (Phi) is 4.44. The van der Waals surface area contributed by atoms with Gasteiger partial charge in [0.25, 0.3) is 0 Å². The highest BCUT2D eigenvalue weighted by atomic mass is 19.1. The molecule has 0 aliphatic rings. The first-order valence-corrected chi connectivity index (χ1v) is 8.02. The highest BCUT2D eigenvalue weighted by Crippen LogP contribution is 2.31. The van der Waals surface area contributed by atoms with Gasteiger partial charge < -0.3 is 10.3 Å². The van der Waals surface area contributed by atoms with Crippen LogP contribution < -0.4 is 5.73 Å². The summed E-state index contributed by atoms with van der Waals surface area (Å²) in [4.78, 5) is 4.01. The Labute approximate surface area is 136 Å².